The second-order valence-corrected chi connectivity index (χ2v) is 6.94. The van der Waals surface area contributed by atoms with E-state index in [1.807, 2.05) is 61.5 Å². The zero-order valence-corrected chi connectivity index (χ0v) is 14.6. The molecule has 128 valence electrons. The predicted molar refractivity (Wildman–Crippen MR) is 96.8 cm³/mol. The first-order valence-electron chi connectivity index (χ1n) is 7.72. The van der Waals surface area contributed by atoms with Crippen LogP contribution in [-0.2, 0) is 10.8 Å². The maximum Gasteiger partial charge on any atom is 0.315 e. The molecule has 24 heavy (non-hydrogen) atoms. The molecule has 0 aliphatic rings. The van der Waals surface area contributed by atoms with Crippen LogP contribution in [0.1, 0.15) is 18.5 Å². The Hall–Kier alpha value is -2.34. The Morgan fingerprint density at radius 2 is 1.71 bits per heavy atom. The average molecular weight is 346 g/mol. The van der Waals surface area contributed by atoms with E-state index in [0.717, 1.165) is 17.1 Å². The zero-order valence-electron chi connectivity index (χ0n) is 13.8. The summed E-state index contributed by atoms with van der Waals surface area (Å²) in [4.78, 5) is 11.8. The highest BCUT2D eigenvalue weighted by atomic mass is 32.2. The van der Waals surface area contributed by atoms with E-state index in [1.54, 1.807) is 6.26 Å². The molecular weight excluding hydrogens is 324 g/mol. The molecule has 0 aliphatic heterocycles. The first-order chi connectivity index (χ1) is 11.5. The van der Waals surface area contributed by atoms with Crippen molar-refractivity contribution in [3.8, 4) is 11.5 Å². The SMILES string of the molecule is C[C@H](NC(=O)NCC[S@@](C)=O)c1ccc(Oc2ccccc2)cc1. The molecule has 0 spiro atoms. The van der Waals surface area contributed by atoms with E-state index in [-0.39, 0.29) is 12.1 Å². The Morgan fingerprint density at radius 3 is 2.33 bits per heavy atom. The van der Waals surface area contributed by atoms with Gasteiger partial charge in [-0.1, -0.05) is 30.3 Å². The first kappa shape index (κ1) is 18.0. The molecule has 0 saturated heterocycles. The van der Waals surface area contributed by atoms with Gasteiger partial charge in [-0.3, -0.25) is 4.21 Å². The van der Waals surface area contributed by atoms with E-state index in [9.17, 15) is 9.00 Å². The number of nitrogens with one attached hydrogen (secondary N) is 2. The Bertz CT molecular complexity index is 674. The molecule has 0 aromatic heterocycles. The monoisotopic (exact) mass is 346 g/mol. The topological polar surface area (TPSA) is 67.4 Å². The Labute approximate surface area is 144 Å². The van der Waals surface area contributed by atoms with Crippen LogP contribution in [0.5, 0.6) is 11.5 Å². The zero-order chi connectivity index (χ0) is 17.4. The van der Waals surface area contributed by atoms with Crippen molar-refractivity contribution in [1.29, 1.82) is 0 Å². The Kier molecular flexibility index (Phi) is 6.81. The first-order valence-corrected chi connectivity index (χ1v) is 9.44. The van der Waals surface area contributed by atoms with Crippen LogP contribution >= 0.6 is 0 Å². The molecule has 2 rings (SSSR count). The number of ether oxygens (including phenoxy) is 1. The summed E-state index contributed by atoms with van der Waals surface area (Å²) in [6.07, 6.45) is 1.61. The second kappa shape index (κ2) is 9.08. The summed E-state index contributed by atoms with van der Waals surface area (Å²) in [7, 11) is -0.907. The minimum Gasteiger partial charge on any atom is -0.457 e. The van der Waals surface area contributed by atoms with Crippen LogP contribution in [0.15, 0.2) is 54.6 Å². The van der Waals surface area contributed by atoms with E-state index in [2.05, 4.69) is 10.6 Å². The summed E-state index contributed by atoms with van der Waals surface area (Å²) in [5.74, 6) is 1.98. The lowest BCUT2D eigenvalue weighted by Gasteiger charge is -2.15. The number of carbonyl (C=O) groups excluding carboxylic acids is 1. The highest BCUT2D eigenvalue weighted by Crippen LogP contribution is 2.23. The van der Waals surface area contributed by atoms with Gasteiger partial charge in [-0.25, -0.2) is 4.79 Å². The molecular formula is C18H22N2O3S. The molecule has 2 aromatic rings. The van der Waals surface area contributed by atoms with Crippen molar-refractivity contribution >= 4 is 16.8 Å². The van der Waals surface area contributed by atoms with Crippen LogP contribution in [-0.4, -0.2) is 28.8 Å². The minimum atomic E-state index is -0.907. The lowest BCUT2D eigenvalue weighted by molar-refractivity contribution is 0.238. The van der Waals surface area contributed by atoms with Crippen molar-refractivity contribution in [2.45, 2.75) is 13.0 Å². The van der Waals surface area contributed by atoms with Gasteiger partial charge in [0.05, 0.1) is 6.04 Å². The maximum absolute atomic E-state index is 11.8. The quantitative estimate of drug-likeness (QED) is 0.809. The number of para-hydroxylation sites is 1. The van der Waals surface area contributed by atoms with Gasteiger partial charge in [-0.15, -0.1) is 0 Å². The molecule has 0 radical (unpaired) electrons. The van der Waals surface area contributed by atoms with Crippen LogP contribution in [0.25, 0.3) is 0 Å². The summed E-state index contributed by atoms with van der Waals surface area (Å²) in [6.45, 7) is 2.30. The largest absolute Gasteiger partial charge is 0.457 e. The van der Waals surface area contributed by atoms with Gasteiger partial charge >= 0.3 is 6.03 Å². The lowest BCUT2D eigenvalue weighted by atomic mass is 10.1. The molecule has 0 bridgehead atoms. The highest BCUT2D eigenvalue weighted by molar-refractivity contribution is 7.84. The van der Waals surface area contributed by atoms with Gasteiger partial charge in [0.25, 0.3) is 0 Å². The number of hydrogen-bond acceptors (Lipinski definition) is 3. The average Bonchev–Trinajstić information content (AvgIpc) is 2.56. The fourth-order valence-corrected chi connectivity index (χ4v) is 2.48. The number of urea groups is 1. The smallest absolute Gasteiger partial charge is 0.315 e. The van der Waals surface area contributed by atoms with Gasteiger partial charge in [-0.2, -0.15) is 0 Å². The molecule has 2 N–H and O–H groups in total. The normalized spacial score (nSPS) is 12.9. The van der Waals surface area contributed by atoms with E-state index in [4.69, 9.17) is 4.74 Å². The predicted octanol–water partition coefficient (Wildman–Crippen LogP) is 3.22. The van der Waals surface area contributed by atoms with Crippen LogP contribution in [0.4, 0.5) is 4.79 Å². The number of carbonyl (C=O) groups is 1. The van der Waals surface area contributed by atoms with Crippen LogP contribution in [0.2, 0.25) is 0 Å². The maximum atomic E-state index is 11.8. The van der Waals surface area contributed by atoms with Crippen molar-refractivity contribution in [2.24, 2.45) is 0 Å². The summed E-state index contributed by atoms with van der Waals surface area (Å²) in [6, 6.07) is 16.8. The number of benzene rings is 2. The fraction of sp³-hybridized carbons (Fsp3) is 0.278. The van der Waals surface area contributed by atoms with Gasteiger partial charge in [0.1, 0.15) is 11.5 Å². The Balaban J connectivity index is 1.85. The summed E-state index contributed by atoms with van der Waals surface area (Å²) < 4.78 is 16.7. The third-order valence-electron chi connectivity index (χ3n) is 3.38. The van der Waals surface area contributed by atoms with Gasteiger partial charge in [0.2, 0.25) is 0 Å². The van der Waals surface area contributed by atoms with E-state index < -0.39 is 10.8 Å². The highest BCUT2D eigenvalue weighted by Gasteiger charge is 2.09. The third kappa shape index (κ3) is 6.04. The van der Waals surface area contributed by atoms with E-state index in [1.165, 1.54) is 0 Å². The lowest BCUT2D eigenvalue weighted by Crippen LogP contribution is -2.38. The number of hydrogen-bond donors (Lipinski definition) is 2. The molecule has 6 heteroatoms. The summed E-state index contributed by atoms with van der Waals surface area (Å²) >= 11 is 0. The van der Waals surface area contributed by atoms with Crippen molar-refractivity contribution in [1.82, 2.24) is 10.6 Å². The second-order valence-electron chi connectivity index (χ2n) is 5.38. The molecule has 5 nitrogen and oxygen atoms in total. The molecule has 2 atom stereocenters. The minimum absolute atomic E-state index is 0.136. The Morgan fingerprint density at radius 1 is 1.08 bits per heavy atom. The third-order valence-corrected chi connectivity index (χ3v) is 4.16. The van der Waals surface area contributed by atoms with Crippen molar-refractivity contribution in [2.75, 3.05) is 18.6 Å². The van der Waals surface area contributed by atoms with Crippen molar-refractivity contribution in [3.63, 3.8) is 0 Å². The van der Waals surface area contributed by atoms with Gasteiger partial charge < -0.3 is 15.4 Å². The molecule has 2 aromatic carbocycles. The molecule has 0 fully saturated rings. The van der Waals surface area contributed by atoms with Gasteiger partial charge in [0.15, 0.2) is 0 Å². The van der Waals surface area contributed by atoms with E-state index >= 15 is 0 Å². The van der Waals surface area contributed by atoms with Crippen LogP contribution < -0.4 is 15.4 Å². The van der Waals surface area contributed by atoms with Crippen molar-refractivity contribution < 1.29 is 13.7 Å². The molecule has 0 heterocycles. The van der Waals surface area contributed by atoms with Gasteiger partial charge in [0, 0.05) is 29.4 Å². The molecule has 0 unspecified atom stereocenters. The van der Waals surface area contributed by atoms with Crippen LogP contribution in [0.3, 0.4) is 0 Å². The summed E-state index contributed by atoms with van der Waals surface area (Å²) in [5.41, 5.74) is 0.977. The molecule has 0 aliphatic carbocycles. The molecule has 0 saturated carbocycles. The van der Waals surface area contributed by atoms with E-state index in [0.29, 0.717) is 12.3 Å². The number of rotatable bonds is 7. The summed E-state index contributed by atoms with van der Waals surface area (Å²) in [5, 5.41) is 5.54. The van der Waals surface area contributed by atoms with Crippen LogP contribution in [0, 0.1) is 0 Å². The standard InChI is InChI=1S/C18H22N2O3S/c1-14(20-18(21)19-12-13-24(2)22)15-8-10-17(11-9-15)23-16-6-4-3-5-7-16/h3-11,14H,12-13H2,1-2H3,(H2,19,20,21)/t14-,24+/m0/s1. The fourth-order valence-electron chi connectivity index (χ4n) is 2.09. The number of amides is 2. The van der Waals surface area contributed by atoms with Crippen molar-refractivity contribution in [3.05, 3.63) is 60.2 Å². The van der Waals surface area contributed by atoms with Gasteiger partial charge in [-0.05, 0) is 36.8 Å². The molecule has 2 amide bonds.